The minimum absolute atomic E-state index is 0.0518. The Bertz CT molecular complexity index is 453. The third-order valence-electron chi connectivity index (χ3n) is 3.32. The molecule has 18 heavy (non-hydrogen) atoms. The Hall–Kier alpha value is -1.55. The van der Waals surface area contributed by atoms with Gasteiger partial charge in [-0.15, -0.1) is 0 Å². The second-order valence-electron chi connectivity index (χ2n) is 5.27. The molecule has 4 nitrogen and oxygen atoms in total. The van der Waals surface area contributed by atoms with Crippen molar-refractivity contribution in [2.24, 2.45) is 5.41 Å². The van der Waals surface area contributed by atoms with E-state index in [1.165, 1.54) is 0 Å². The van der Waals surface area contributed by atoms with Gasteiger partial charge in [-0.1, -0.05) is 6.92 Å². The molecule has 0 bridgehead atoms. The van der Waals surface area contributed by atoms with Crippen LogP contribution in [-0.2, 0) is 4.74 Å². The molecule has 2 N–H and O–H groups in total. The number of carbonyl (C=O) groups is 1. The number of carbonyl (C=O) groups excluding carboxylic acids is 1. The lowest BCUT2D eigenvalue weighted by atomic mass is 9.88. The van der Waals surface area contributed by atoms with Gasteiger partial charge in [0, 0.05) is 30.3 Å². The fraction of sp³-hybridized carbons (Fsp3) is 0.500. The third kappa shape index (κ3) is 2.64. The quantitative estimate of drug-likeness (QED) is 0.854. The van der Waals surface area contributed by atoms with Gasteiger partial charge in [-0.2, -0.15) is 0 Å². The van der Waals surface area contributed by atoms with Gasteiger partial charge in [0.1, 0.15) is 0 Å². The van der Waals surface area contributed by atoms with Gasteiger partial charge < -0.3 is 15.4 Å². The van der Waals surface area contributed by atoms with Gasteiger partial charge in [0.2, 0.25) is 0 Å². The van der Waals surface area contributed by atoms with E-state index in [0.717, 1.165) is 31.0 Å². The van der Waals surface area contributed by atoms with Crippen LogP contribution in [0.5, 0.6) is 0 Å². The summed E-state index contributed by atoms with van der Waals surface area (Å²) in [4.78, 5) is 11.5. The Morgan fingerprint density at radius 3 is 2.67 bits per heavy atom. The molecule has 1 heterocycles. The Balaban J connectivity index is 2.03. The molecule has 1 amide bonds. The van der Waals surface area contributed by atoms with Gasteiger partial charge in [-0.25, -0.2) is 0 Å². The number of anilines is 1. The lowest BCUT2D eigenvalue weighted by Crippen LogP contribution is -2.45. The predicted octanol–water partition coefficient (Wildman–Crippen LogP) is 1.80. The summed E-state index contributed by atoms with van der Waals surface area (Å²) in [6.07, 6.45) is 0. The number of rotatable bonds is 4. The minimum atomic E-state index is -0.0518. The van der Waals surface area contributed by atoms with Gasteiger partial charge in [0.15, 0.2) is 0 Å². The number of nitrogens with one attached hydrogen (secondary N) is 2. The van der Waals surface area contributed by atoms with Crippen LogP contribution >= 0.6 is 0 Å². The van der Waals surface area contributed by atoms with Crippen LogP contribution in [0.1, 0.15) is 22.8 Å². The van der Waals surface area contributed by atoms with Crippen molar-refractivity contribution >= 4 is 11.6 Å². The van der Waals surface area contributed by atoms with E-state index in [4.69, 9.17) is 4.74 Å². The lowest BCUT2D eigenvalue weighted by molar-refractivity contribution is -0.0924. The van der Waals surface area contributed by atoms with Crippen LogP contribution in [-0.4, -0.2) is 32.7 Å². The van der Waals surface area contributed by atoms with Crippen LogP contribution in [0.15, 0.2) is 18.2 Å². The molecular formula is C14H20N2O2. The molecular weight excluding hydrogens is 228 g/mol. The molecule has 0 aliphatic carbocycles. The fourth-order valence-corrected chi connectivity index (χ4v) is 2.01. The molecule has 98 valence electrons. The number of amides is 1. The van der Waals surface area contributed by atoms with Gasteiger partial charge in [-0.3, -0.25) is 4.79 Å². The molecule has 0 spiro atoms. The molecule has 4 heteroatoms. The Labute approximate surface area is 108 Å². The molecule has 1 aliphatic rings. The molecule has 0 unspecified atom stereocenters. The summed E-state index contributed by atoms with van der Waals surface area (Å²) in [7, 11) is 1.64. The Morgan fingerprint density at radius 2 is 2.17 bits per heavy atom. The summed E-state index contributed by atoms with van der Waals surface area (Å²) in [5.41, 5.74) is 3.10. The minimum Gasteiger partial charge on any atom is -0.384 e. The summed E-state index contributed by atoms with van der Waals surface area (Å²) >= 11 is 0. The molecule has 0 aromatic heterocycles. The SMILES string of the molecule is CNC(=O)c1ccc(NCC2(C)COC2)c(C)c1. The monoisotopic (exact) mass is 248 g/mol. The number of hydrogen-bond donors (Lipinski definition) is 2. The number of benzene rings is 1. The molecule has 1 aromatic rings. The van der Waals surface area contributed by atoms with Crippen molar-refractivity contribution in [3.05, 3.63) is 29.3 Å². The first-order chi connectivity index (χ1) is 8.54. The standard InChI is InChI=1S/C14H20N2O2/c1-10-6-11(13(17)15-3)4-5-12(10)16-7-14(2)8-18-9-14/h4-6,16H,7-9H2,1-3H3,(H,15,17). The molecule has 1 saturated heterocycles. The number of aryl methyl sites for hydroxylation is 1. The first kappa shape index (κ1) is 12.9. The average Bonchev–Trinajstić information content (AvgIpc) is 2.34. The van der Waals surface area contributed by atoms with E-state index >= 15 is 0 Å². The zero-order chi connectivity index (χ0) is 13.2. The summed E-state index contributed by atoms with van der Waals surface area (Å²) in [6.45, 7) is 6.74. The molecule has 1 fully saturated rings. The highest BCUT2D eigenvalue weighted by molar-refractivity contribution is 5.94. The average molecular weight is 248 g/mol. The summed E-state index contributed by atoms with van der Waals surface area (Å²) < 4.78 is 5.23. The predicted molar refractivity (Wildman–Crippen MR) is 72.0 cm³/mol. The number of ether oxygens (including phenoxy) is 1. The van der Waals surface area contributed by atoms with E-state index in [1.54, 1.807) is 7.05 Å². The maximum absolute atomic E-state index is 11.5. The molecule has 0 saturated carbocycles. The van der Waals surface area contributed by atoms with Crippen LogP contribution in [0.4, 0.5) is 5.69 Å². The first-order valence-corrected chi connectivity index (χ1v) is 6.18. The van der Waals surface area contributed by atoms with Crippen molar-refractivity contribution in [3.8, 4) is 0 Å². The molecule has 0 atom stereocenters. The van der Waals surface area contributed by atoms with Crippen molar-refractivity contribution in [1.82, 2.24) is 5.32 Å². The van der Waals surface area contributed by atoms with E-state index < -0.39 is 0 Å². The maximum Gasteiger partial charge on any atom is 0.251 e. The van der Waals surface area contributed by atoms with E-state index in [-0.39, 0.29) is 11.3 Å². The Kier molecular flexibility index (Phi) is 3.57. The topological polar surface area (TPSA) is 50.4 Å². The van der Waals surface area contributed by atoms with E-state index in [1.807, 2.05) is 25.1 Å². The summed E-state index contributed by atoms with van der Waals surface area (Å²) in [5.74, 6) is -0.0518. The van der Waals surface area contributed by atoms with Gasteiger partial charge >= 0.3 is 0 Å². The highest BCUT2D eigenvalue weighted by atomic mass is 16.5. The largest absolute Gasteiger partial charge is 0.384 e. The van der Waals surface area contributed by atoms with Gasteiger partial charge in [0.05, 0.1) is 13.2 Å². The van der Waals surface area contributed by atoms with Crippen LogP contribution in [0, 0.1) is 12.3 Å². The van der Waals surface area contributed by atoms with E-state index in [2.05, 4.69) is 17.6 Å². The normalized spacial score (nSPS) is 16.8. The van der Waals surface area contributed by atoms with Crippen molar-refractivity contribution < 1.29 is 9.53 Å². The fourth-order valence-electron chi connectivity index (χ4n) is 2.01. The highest BCUT2D eigenvalue weighted by Gasteiger charge is 2.32. The molecule has 1 aromatic carbocycles. The zero-order valence-corrected chi connectivity index (χ0v) is 11.2. The van der Waals surface area contributed by atoms with Gasteiger partial charge in [0.25, 0.3) is 5.91 Å². The van der Waals surface area contributed by atoms with E-state index in [0.29, 0.717) is 5.56 Å². The molecule has 1 aliphatic heterocycles. The maximum atomic E-state index is 11.5. The third-order valence-corrected chi connectivity index (χ3v) is 3.32. The highest BCUT2D eigenvalue weighted by Crippen LogP contribution is 2.27. The summed E-state index contributed by atoms with van der Waals surface area (Å²) in [6, 6.07) is 5.71. The van der Waals surface area contributed by atoms with Crippen molar-refractivity contribution in [1.29, 1.82) is 0 Å². The van der Waals surface area contributed by atoms with Crippen LogP contribution in [0.3, 0.4) is 0 Å². The van der Waals surface area contributed by atoms with Crippen LogP contribution in [0.25, 0.3) is 0 Å². The first-order valence-electron chi connectivity index (χ1n) is 6.18. The second kappa shape index (κ2) is 4.98. The van der Waals surface area contributed by atoms with Crippen LogP contribution in [0.2, 0.25) is 0 Å². The van der Waals surface area contributed by atoms with Crippen molar-refractivity contribution in [3.63, 3.8) is 0 Å². The molecule has 2 rings (SSSR count). The zero-order valence-electron chi connectivity index (χ0n) is 11.2. The Morgan fingerprint density at radius 1 is 1.44 bits per heavy atom. The van der Waals surface area contributed by atoms with Gasteiger partial charge in [-0.05, 0) is 30.7 Å². The smallest absolute Gasteiger partial charge is 0.251 e. The van der Waals surface area contributed by atoms with Crippen molar-refractivity contribution in [2.75, 3.05) is 32.1 Å². The van der Waals surface area contributed by atoms with E-state index in [9.17, 15) is 4.79 Å². The van der Waals surface area contributed by atoms with Crippen molar-refractivity contribution in [2.45, 2.75) is 13.8 Å². The lowest BCUT2D eigenvalue weighted by Gasteiger charge is -2.38. The number of hydrogen-bond acceptors (Lipinski definition) is 3. The molecule has 0 radical (unpaired) electrons. The summed E-state index contributed by atoms with van der Waals surface area (Å²) in [5, 5.41) is 6.05. The van der Waals surface area contributed by atoms with Crippen LogP contribution < -0.4 is 10.6 Å². The second-order valence-corrected chi connectivity index (χ2v) is 5.27.